The second-order valence-electron chi connectivity index (χ2n) is 4.82. The molecule has 0 radical (unpaired) electrons. The van der Waals surface area contributed by atoms with Gasteiger partial charge in [-0.15, -0.1) is 0 Å². The average molecular weight is 299 g/mol. The van der Waals surface area contributed by atoms with E-state index in [1.807, 2.05) is 0 Å². The summed E-state index contributed by atoms with van der Waals surface area (Å²) in [5, 5.41) is 8.42. The van der Waals surface area contributed by atoms with E-state index in [0.717, 1.165) is 0 Å². The van der Waals surface area contributed by atoms with Gasteiger partial charge in [0.15, 0.2) is 9.84 Å². The molecule has 0 amide bonds. The lowest BCUT2D eigenvalue weighted by Gasteiger charge is -2.23. The number of carboxylic acid groups (broad SMARTS) is 1. The van der Waals surface area contributed by atoms with Crippen molar-refractivity contribution in [3.05, 3.63) is 0 Å². The van der Waals surface area contributed by atoms with Crippen molar-refractivity contribution in [2.45, 2.75) is 31.7 Å². The molecule has 9 heteroatoms. The van der Waals surface area contributed by atoms with Crippen molar-refractivity contribution >= 4 is 25.8 Å². The van der Waals surface area contributed by atoms with Gasteiger partial charge in [0.25, 0.3) is 0 Å². The fourth-order valence-corrected chi connectivity index (χ4v) is 5.67. The van der Waals surface area contributed by atoms with Gasteiger partial charge in [0, 0.05) is 12.0 Å². The van der Waals surface area contributed by atoms with Gasteiger partial charge < -0.3 is 5.11 Å². The van der Waals surface area contributed by atoms with Crippen molar-refractivity contribution in [2.24, 2.45) is 0 Å². The van der Waals surface area contributed by atoms with Crippen LogP contribution in [0.3, 0.4) is 0 Å². The van der Waals surface area contributed by atoms with Crippen molar-refractivity contribution in [1.29, 1.82) is 0 Å². The molecule has 0 bridgehead atoms. The van der Waals surface area contributed by atoms with Crippen LogP contribution in [0.2, 0.25) is 0 Å². The van der Waals surface area contributed by atoms with Crippen LogP contribution in [0.4, 0.5) is 0 Å². The maximum atomic E-state index is 11.7. The van der Waals surface area contributed by atoms with Crippen LogP contribution in [0.1, 0.15) is 26.2 Å². The summed E-state index contributed by atoms with van der Waals surface area (Å²) in [7, 11) is -6.83. The minimum Gasteiger partial charge on any atom is -0.481 e. The van der Waals surface area contributed by atoms with E-state index in [0.29, 0.717) is 0 Å². The van der Waals surface area contributed by atoms with Gasteiger partial charge >= 0.3 is 5.97 Å². The molecule has 1 saturated heterocycles. The number of sulfone groups is 1. The summed E-state index contributed by atoms with van der Waals surface area (Å²) in [5.41, 5.74) is -0.971. The molecular formula is C9H17NO6S2. The highest BCUT2D eigenvalue weighted by Gasteiger charge is 2.40. The van der Waals surface area contributed by atoms with Crippen LogP contribution in [-0.4, -0.2) is 50.7 Å². The molecule has 7 nitrogen and oxygen atoms in total. The highest BCUT2D eigenvalue weighted by molar-refractivity contribution is 7.92. The molecule has 1 fully saturated rings. The van der Waals surface area contributed by atoms with Crippen molar-refractivity contribution < 1.29 is 26.7 Å². The van der Waals surface area contributed by atoms with E-state index in [1.54, 1.807) is 6.92 Å². The Bertz CT molecular complexity index is 523. The third-order valence-corrected chi connectivity index (χ3v) is 6.24. The third-order valence-electron chi connectivity index (χ3n) is 2.71. The second-order valence-corrected chi connectivity index (χ2v) is 8.85. The number of hydrogen-bond acceptors (Lipinski definition) is 5. The Hall–Kier alpha value is -0.670. The lowest BCUT2D eigenvalue weighted by atomic mass is 10.0. The Morgan fingerprint density at radius 2 is 2.06 bits per heavy atom. The van der Waals surface area contributed by atoms with Gasteiger partial charge in [-0.3, -0.25) is 4.79 Å². The van der Waals surface area contributed by atoms with E-state index < -0.39 is 31.4 Å². The summed E-state index contributed by atoms with van der Waals surface area (Å²) < 4.78 is 48.4. The molecule has 0 aromatic heterocycles. The van der Waals surface area contributed by atoms with Crippen LogP contribution in [0.25, 0.3) is 0 Å². The molecule has 1 aliphatic heterocycles. The normalized spacial score (nSPS) is 27.2. The number of aliphatic carboxylic acids is 1. The summed E-state index contributed by atoms with van der Waals surface area (Å²) in [6.07, 6.45) is 0.0247. The number of sulfonamides is 1. The first-order valence-corrected chi connectivity index (χ1v) is 8.95. The molecule has 1 unspecified atom stereocenters. The Morgan fingerprint density at radius 3 is 2.50 bits per heavy atom. The van der Waals surface area contributed by atoms with E-state index in [2.05, 4.69) is 4.72 Å². The van der Waals surface area contributed by atoms with E-state index >= 15 is 0 Å². The fourth-order valence-electron chi connectivity index (χ4n) is 1.93. The average Bonchev–Trinajstić information content (AvgIpc) is 2.37. The topological polar surface area (TPSA) is 118 Å². The highest BCUT2D eigenvalue weighted by atomic mass is 32.2. The number of nitrogens with one attached hydrogen (secondary N) is 1. The van der Waals surface area contributed by atoms with Crippen LogP contribution in [0, 0.1) is 0 Å². The van der Waals surface area contributed by atoms with Crippen molar-refractivity contribution in [2.75, 3.05) is 17.3 Å². The second kappa shape index (κ2) is 5.14. The van der Waals surface area contributed by atoms with Gasteiger partial charge in [-0.25, -0.2) is 21.6 Å². The lowest BCUT2D eigenvalue weighted by Crippen LogP contribution is -2.47. The minimum absolute atomic E-state index is 0.00744. The monoisotopic (exact) mass is 299 g/mol. The molecule has 0 spiro atoms. The van der Waals surface area contributed by atoms with E-state index in [-0.39, 0.29) is 36.5 Å². The van der Waals surface area contributed by atoms with Crippen molar-refractivity contribution in [3.8, 4) is 0 Å². The zero-order chi connectivity index (χ0) is 14.0. The molecule has 106 valence electrons. The number of carbonyl (C=O) groups is 1. The van der Waals surface area contributed by atoms with E-state index in [4.69, 9.17) is 5.11 Å². The van der Waals surface area contributed by atoms with Crippen LogP contribution in [0.15, 0.2) is 0 Å². The van der Waals surface area contributed by atoms with Gasteiger partial charge in [-0.2, -0.15) is 0 Å². The number of carboxylic acids is 1. The zero-order valence-electron chi connectivity index (χ0n) is 10.0. The Labute approximate surface area is 107 Å². The molecule has 1 rings (SSSR count). The summed E-state index contributed by atoms with van der Waals surface area (Å²) in [6.45, 7) is 1.55. The van der Waals surface area contributed by atoms with Crippen molar-refractivity contribution in [1.82, 2.24) is 4.72 Å². The van der Waals surface area contributed by atoms with E-state index in [9.17, 15) is 21.6 Å². The summed E-state index contributed by atoms with van der Waals surface area (Å²) >= 11 is 0. The zero-order valence-corrected chi connectivity index (χ0v) is 11.7. The minimum atomic E-state index is -3.65. The first-order chi connectivity index (χ1) is 8.04. The summed E-state index contributed by atoms with van der Waals surface area (Å²) in [5.74, 6) is -1.60. The lowest BCUT2D eigenvalue weighted by molar-refractivity contribution is -0.137. The quantitative estimate of drug-likeness (QED) is 0.673. The van der Waals surface area contributed by atoms with Gasteiger partial charge in [0.2, 0.25) is 10.0 Å². The van der Waals surface area contributed by atoms with Gasteiger partial charge in [0.1, 0.15) is 0 Å². The molecule has 0 aromatic rings. The van der Waals surface area contributed by atoms with Gasteiger partial charge in [-0.1, -0.05) is 0 Å². The first-order valence-electron chi connectivity index (χ1n) is 5.48. The molecule has 0 aliphatic carbocycles. The van der Waals surface area contributed by atoms with Crippen LogP contribution in [-0.2, 0) is 24.7 Å². The smallest absolute Gasteiger partial charge is 0.303 e. The Morgan fingerprint density at radius 1 is 1.44 bits per heavy atom. The molecule has 0 aromatic carbocycles. The largest absolute Gasteiger partial charge is 0.481 e. The van der Waals surface area contributed by atoms with Crippen LogP contribution < -0.4 is 4.72 Å². The van der Waals surface area contributed by atoms with Gasteiger partial charge in [0.05, 0.1) is 17.3 Å². The number of hydrogen-bond donors (Lipinski definition) is 2. The van der Waals surface area contributed by atoms with Crippen LogP contribution >= 0.6 is 0 Å². The number of rotatable bonds is 6. The molecule has 0 saturated carbocycles. The van der Waals surface area contributed by atoms with Crippen molar-refractivity contribution in [3.63, 3.8) is 0 Å². The summed E-state index contributed by atoms with van der Waals surface area (Å²) in [6, 6.07) is 0. The first kappa shape index (κ1) is 15.4. The van der Waals surface area contributed by atoms with E-state index in [1.165, 1.54) is 0 Å². The highest BCUT2D eigenvalue weighted by Crippen LogP contribution is 2.23. The maximum absolute atomic E-state index is 11.7. The maximum Gasteiger partial charge on any atom is 0.303 e. The molecule has 2 N–H and O–H groups in total. The molecule has 1 atom stereocenters. The SMILES string of the molecule is CC1(NS(=O)(=O)CCCC(=O)O)CCS(=O)(=O)C1. The predicted octanol–water partition coefficient (Wildman–Crippen LogP) is -0.652. The molecule has 1 heterocycles. The third kappa shape index (κ3) is 4.91. The Balaban J connectivity index is 2.58. The molecule has 18 heavy (non-hydrogen) atoms. The molecule has 1 aliphatic rings. The Kier molecular flexibility index (Phi) is 4.39. The predicted molar refractivity (Wildman–Crippen MR) is 65.5 cm³/mol. The summed E-state index contributed by atoms with van der Waals surface area (Å²) in [4.78, 5) is 10.3. The van der Waals surface area contributed by atoms with Crippen LogP contribution in [0.5, 0.6) is 0 Å². The fraction of sp³-hybridized carbons (Fsp3) is 0.889. The van der Waals surface area contributed by atoms with Gasteiger partial charge in [-0.05, 0) is 19.8 Å². The molecular weight excluding hydrogens is 282 g/mol. The standard InChI is InChI=1S/C9H17NO6S2/c1-9(4-6-17(13,14)7-9)10-18(15,16)5-2-3-8(11)12/h10H,2-7H2,1H3,(H,11,12).